The Morgan fingerprint density at radius 2 is 1.77 bits per heavy atom. The largest absolute Gasteiger partial charge is 0.393 e. The van der Waals surface area contributed by atoms with E-state index in [9.17, 15) is 17.9 Å². The Labute approximate surface area is 158 Å². The molecular formula is C19H21ClFNO3S. The molecule has 0 heterocycles. The standard InChI is InChI=1S/C19H21ClFNO3S/c1-19(10-8-15(23)9-11-19)22-26(24,25)16-5-2-13(3-6-16)17-7-4-14(20)12-18(17)21/h2-7,12,15,22-23H,8-11H2,1H3. The molecule has 0 atom stereocenters. The van der Waals surface area contributed by atoms with E-state index < -0.39 is 21.4 Å². The van der Waals surface area contributed by atoms with Crippen molar-refractivity contribution in [3.05, 3.63) is 53.3 Å². The lowest BCUT2D eigenvalue weighted by Crippen LogP contribution is -2.48. The predicted octanol–water partition coefficient (Wildman–Crippen LogP) is 4.12. The van der Waals surface area contributed by atoms with Gasteiger partial charge in [-0.05, 0) is 68.5 Å². The number of sulfonamides is 1. The zero-order valence-electron chi connectivity index (χ0n) is 14.4. The smallest absolute Gasteiger partial charge is 0.241 e. The second kappa shape index (κ2) is 7.27. The first-order chi connectivity index (χ1) is 12.2. The third kappa shape index (κ3) is 4.26. The summed E-state index contributed by atoms with van der Waals surface area (Å²) in [6.07, 6.45) is 1.96. The summed E-state index contributed by atoms with van der Waals surface area (Å²) in [5, 5.41) is 9.92. The van der Waals surface area contributed by atoms with Crippen molar-refractivity contribution in [1.29, 1.82) is 0 Å². The number of nitrogens with one attached hydrogen (secondary N) is 1. The van der Waals surface area contributed by atoms with Crippen LogP contribution in [0.25, 0.3) is 11.1 Å². The molecule has 1 fully saturated rings. The van der Waals surface area contributed by atoms with E-state index in [2.05, 4.69) is 4.72 Å². The molecule has 4 nitrogen and oxygen atoms in total. The number of hydrogen-bond donors (Lipinski definition) is 2. The highest BCUT2D eigenvalue weighted by Crippen LogP contribution is 2.30. The summed E-state index contributed by atoms with van der Waals surface area (Å²) < 4.78 is 42.1. The van der Waals surface area contributed by atoms with Gasteiger partial charge in [0.05, 0.1) is 11.0 Å². The van der Waals surface area contributed by atoms with Gasteiger partial charge >= 0.3 is 0 Å². The molecule has 1 aliphatic rings. The van der Waals surface area contributed by atoms with Crippen LogP contribution in [0, 0.1) is 5.82 Å². The number of hydrogen-bond acceptors (Lipinski definition) is 3. The van der Waals surface area contributed by atoms with E-state index >= 15 is 0 Å². The molecule has 0 radical (unpaired) electrons. The molecule has 2 aromatic carbocycles. The average Bonchev–Trinajstić information content (AvgIpc) is 2.57. The van der Waals surface area contributed by atoms with Crippen LogP contribution in [0.4, 0.5) is 4.39 Å². The Morgan fingerprint density at radius 3 is 2.35 bits per heavy atom. The van der Waals surface area contributed by atoms with Crippen LogP contribution >= 0.6 is 11.6 Å². The molecule has 0 aromatic heterocycles. The van der Waals surface area contributed by atoms with Crippen molar-refractivity contribution >= 4 is 21.6 Å². The van der Waals surface area contributed by atoms with Gasteiger partial charge in [-0.3, -0.25) is 0 Å². The lowest BCUT2D eigenvalue weighted by atomic mass is 9.83. The SMILES string of the molecule is CC1(NS(=O)(=O)c2ccc(-c3ccc(Cl)cc3F)cc2)CCC(O)CC1. The molecule has 0 amide bonds. The van der Waals surface area contributed by atoms with Crippen molar-refractivity contribution < 1.29 is 17.9 Å². The average molecular weight is 398 g/mol. The van der Waals surface area contributed by atoms with E-state index in [0.717, 1.165) is 0 Å². The third-order valence-electron chi connectivity index (χ3n) is 4.85. The van der Waals surface area contributed by atoms with Gasteiger partial charge < -0.3 is 5.11 Å². The summed E-state index contributed by atoms with van der Waals surface area (Å²) >= 11 is 5.76. The van der Waals surface area contributed by atoms with Gasteiger partial charge in [0.1, 0.15) is 5.82 Å². The molecule has 0 bridgehead atoms. The van der Waals surface area contributed by atoms with Gasteiger partial charge in [-0.15, -0.1) is 0 Å². The third-order valence-corrected chi connectivity index (χ3v) is 6.74. The highest BCUT2D eigenvalue weighted by molar-refractivity contribution is 7.89. The summed E-state index contributed by atoms with van der Waals surface area (Å²) in [6.45, 7) is 1.86. The number of aliphatic hydroxyl groups excluding tert-OH is 1. The summed E-state index contributed by atoms with van der Waals surface area (Å²) in [5.41, 5.74) is 0.364. The number of rotatable bonds is 4. The van der Waals surface area contributed by atoms with Crippen LogP contribution in [0.5, 0.6) is 0 Å². The van der Waals surface area contributed by atoms with Gasteiger partial charge in [-0.25, -0.2) is 17.5 Å². The second-order valence-corrected chi connectivity index (χ2v) is 9.16. The first-order valence-corrected chi connectivity index (χ1v) is 10.3. The van der Waals surface area contributed by atoms with E-state index in [-0.39, 0.29) is 11.0 Å². The van der Waals surface area contributed by atoms with Crippen LogP contribution in [-0.2, 0) is 10.0 Å². The number of benzene rings is 2. The summed E-state index contributed by atoms with van der Waals surface area (Å²) in [7, 11) is -3.70. The van der Waals surface area contributed by atoms with Gasteiger partial charge in [-0.1, -0.05) is 23.7 Å². The van der Waals surface area contributed by atoms with Crippen LogP contribution in [0.1, 0.15) is 32.6 Å². The fraction of sp³-hybridized carbons (Fsp3) is 0.368. The lowest BCUT2D eigenvalue weighted by molar-refractivity contribution is 0.0975. The maximum atomic E-state index is 14.0. The normalized spacial score (nSPS) is 23.8. The second-order valence-electron chi connectivity index (χ2n) is 7.05. The monoisotopic (exact) mass is 397 g/mol. The molecule has 7 heteroatoms. The van der Waals surface area contributed by atoms with Crippen molar-refractivity contribution in [2.24, 2.45) is 0 Å². The molecule has 0 aliphatic heterocycles. The van der Waals surface area contributed by atoms with E-state index in [1.807, 2.05) is 6.92 Å². The van der Waals surface area contributed by atoms with Crippen LogP contribution in [0.15, 0.2) is 47.4 Å². The molecule has 1 aliphatic carbocycles. The topological polar surface area (TPSA) is 66.4 Å². The molecule has 26 heavy (non-hydrogen) atoms. The minimum atomic E-state index is -3.70. The van der Waals surface area contributed by atoms with E-state index in [4.69, 9.17) is 11.6 Å². The molecule has 0 spiro atoms. The molecule has 1 saturated carbocycles. The van der Waals surface area contributed by atoms with Gasteiger partial charge in [0, 0.05) is 16.1 Å². The Morgan fingerprint density at radius 1 is 1.15 bits per heavy atom. The van der Waals surface area contributed by atoms with E-state index in [1.54, 1.807) is 24.3 Å². The first kappa shape index (κ1) is 19.3. The van der Waals surface area contributed by atoms with Crippen molar-refractivity contribution in [1.82, 2.24) is 4.72 Å². The first-order valence-electron chi connectivity index (χ1n) is 8.46. The number of aliphatic hydroxyl groups is 1. The summed E-state index contributed by atoms with van der Waals surface area (Å²) in [5.74, 6) is -0.459. The van der Waals surface area contributed by atoms with Crippen molar-refractivity contribution in [3.63, 3.8) is 0 Å². The molecule has 140 valence electrons. The van der Waals surface area contributed by atoms with Gasteiger partial charge in [0.15, 0.2) is 0 Å². The Balaban J connectivity index is 1.81. The summed E-state index contributed by atoms with van der Waals surface area (Å²) in [4.78, 5) is 0.128. The van der Waals surface area contributed by atoms with Crippen LogP contribution in [0.3, 0.4) is 0 Å². The zero-order chi connectivity index (χ0) is 18.9. The fourth-order valence-electron chi connectivity index (χ4n) is 3.26. The maximum absolute atomic E-state index is 14.0. The maximum Gasteiger partial charge on any atom is 0.241 e. The van der Waals surface area contributed by atoms with Crippen LogP contribution in [-0.4, -0.2) is 25.2 Å². The molecular weight excluding hydrogens is 377 g/mol. The molecule has 0 unspecified atom stereocenters. The molecule has 2 N–H and O–H groups in total. The van der Waals surface area contributed by atoms with Crippen LogP contribution in [0.2, 0.25) is 5.02 Å². The van der Waals surface area contributed by atoms with Crippen LogP contribution < -0.4 is 4.72 Å². The Kier molecular flexibility index (Phi) is 5.40. The molecule has 0 saturated heterocycles. The highest BCUT2D eigenvalue weighted by Gasteiger charge is 2.34. The summed E-state index contributed by atoms with van der Waals surface area (Å²) in [6, 6.07) is 10.5. The van der Waals surface area contributed by atoms with E-state index in [1.165, 1.54) is 18.2 Å². The molecule has 2 aromatic rings. The zero-order valence-corrected chi connectivity index (χ0v) is 15.9. The fourth-order valence-corrected chi connectivity index (χ4v) is 4.89. The van der Waals surface area contributed by atoms with Crippen molar-refractivity contribution in [2.45, 2.75) is 49.1 Å². The van der Waals surface area contributed by atoms with Gasteiger partial charge in [-0.2, -0.15) is 0 Å². The minimum Gasteiger partial charge on any atom is -0.393 e. The minimum absolute atomic E-state index is 0.128. The predicted molar refractivity (Wildman–Crippen MR) is 100 cm³/mol. The number of halogens is 2. The Bertz CT molecular complexity index is 892. The quantitative estimate of drug-likeness (QED) is 0.815. The lowest BCUT2D eigenvalue weighted by Gasteiger charge is -2.36. The molecule has 3 rings (SSSR count). The Hall–Kier alpha value is -1.47. The van der Waals surface area contributed by atoms with Gasteiger partial charge in [0.2, 0.25) is 10.0 Å². The van der Waals surface area contributed by atoms with Crippen molar-refractivity contribution in [2.75, 3.05) is 0 Å². The van der Waals surface area contributed by atoms with Crippen molar-refractivity contribution in [3.8, 4) is 11.1 Å². The highest BCUT2D eigenvalue weighted by atomic mass is 35.5. The van der Waals surface area contributed by atoms with E-state index in [0.29, 0.717) is 41.8 Å². The van der Waals surface area contributed by atoms with Gasteiger partial charge in [0.25, 0.3) is 0 Å².